The average Bonchev–Trinajstić information content (AvgIpc) is 2.45. The fourth-order valence-corrected chi connectivity index (χ4v) is 2.94. The molecule has 3 nitrogen and oxygen atoms in total. The molecule has 1 aromatic rings. The van der Waals surface area contributed by atoms with E-state index >= 15 is 0 Å². The Kier molecular flexibility index (Phi) is 4.88. The molecule has 0 aliphatic heterocycles. The van der Waals surface area contributed by atoms with Crippen molar-refractivity contribution >= 4 is 11.6 Å². The van der Waals surface area contributed by atoms with Crippen LogP contribution in [0.4, 0.5) is 18.9 Å². The summed E-state index contributed by atoms with van der Waals surface area (Å²) in [5, 5.41) is 2.25. The van der Waals surface area contributed by atoms with E-state index in [2.05, 4.69) is 5.32 Å². The Balaban J connectivity index is 2.08. The zero-order valence-corrected chi connectivity index (χ0v) is 11.7. The highest BCUT2D eigenvalue weighted by Gasteiger charge is 2.33. The zero-order valence-electron chi connectivity index (χ0n) is 11.7. The quantitative estimate of drug-likeness (QED) is 0.838. The summed E-state index contributed by atoms with van der Waals surface area (Å²) in [6.07, 6.45) is 4.96. The average molecular weight is 300 g/mol. The van der Waals surface area contributed by atoms with E-state index in [1.165, 1.54) is 0 Å². The standard InChI is InChI=1S/C15H19F3N2O/c16-10-6-11(17)14(18)12(7-10)20-13(21)8-15(9-19)4-2-1-3-5-15/h6-7H,1-5,8-9,19H2,(H,20,21). The van der Waals surface area contributed by atoms with Crippen LogP contribution in [-0.4, -0.2) is 12.5 Å². The second-order valence-electron chi connectivity index (χ2n) is 5.74. The summed E-state index contributed by atoms with van der Waals surface area (Å²) in [6.45, 7) is 0.375. The van der Waals surface area contributed by atoms with Crippen LogP contribution in [-0.2, 0) is 4.79 Å². The Morgan fingerprint density at radius 3 is 2.48 bits per heavy atom. The minimum Gasteiger partial charge on any atom is -0.330 e. The second kappa shape index (κ2) is 6.47. The molecular formula is C15H19F3N2O. The van der Waals surface area contributed by atoms with E-state index in [1.807, 2.05) is 0 Å². The van der Waals surface area contributed by atoms with Gasteiger partial charge in [0.15, 0.2) is 11.6 Å². The number of carbonyl (C=O) groups excluding carboxylic acids is 1. The molecule has 21 heavy (non-hydrogen) atoms. The van der Waals surface area contributed by atoms with Crippen LogP contribution >= 0.6 is 0 Å². The summed E-state index contributed by atoms with van der Waals surface area (Å²) >= 11 is 0. The Hall–Kier alpha value is -1.56. The van der Waals surface area contributed by atoms with Gasteiger partial charge in [0, 0.05) is 18.6 Å². The van der Waals surface area contributed by atoms with Crippen molar-refractivity contribution < 1.29 is 18.0 Å². The maximum atomic E-state index is 13.5. The first-order valence-corrected chi connectivity index (χ1v) is 7.10. The van der Waals surface area contributed by atoms with Crippen LogP contribution in [0.5, 0.6) is 0 Å². The topological polar surface area (TPSA) is 55.1 Å². The summed E-state index contributed by atoms with van der Waals surface area (Å²) < 4.78 is 39.7. The smallest absolute Gasteiger partial charge is 0.225 e. The number of nitrogens with one attached hydrogen (secondary N) is 1. The zero-order chi connectivity index (χ0) is 15.5. The summed E-state index contributed by atoms with van der Waals surface area (Å²) in [7, 11) is 0. The Morgan fingerprint density at radius 2 is 1.86 bits per heavy atom. The monoisotopic (exact) mass is 300 g/mol. The number of carbonyl (C=O) groups is 1. The van der Waals surface area contributed by atoms with E-state index in [-0.39, 0.29) is 11.8 Å². The van der Waals surface area contributed by atoms with E-state index in [0.717, 1.165) is 38.2 Å². The van der Waals surface area contributed by atoms with E-state index in [0.29, 0.717) is 12.6 Å². The lowest BCUT2D eigenvalue weighted by molar-refractivity contribution is -0.118. The molecule has 1 aliphatic rings. The molecule has 116 valence electrons. The van der Waals surface area contributed by atoms with Crippen molar-refractivity contribution in [2.45, 2.75) is 38.5 Å². The fraction of sp³-hybridized carbons (Fsp3) is 0.533. The van der Waals surface area contributed by atoms with Crippen LogP contribution < -0.4 is 11.1 Å². The van der Waals surface area contributed by atoms with Gasteiger partial charge in [-0.2, -0.15) is 0 Å². The maximum Gasteiger partial charge on any atom is 0.225 e. The van der Waals surface area contributed by atoms with Gasteiger partial charge in [0.25, 0.3) is 0 Å². The third-order valence-corrected chi connectivity index (χ3v) is 4.15. The fourth-order valence-electron chi connectivity index (χ4n) is 2.94. The van der Waals surface area contributed by atoms with Crippen LogP contribution in [0.2, 0.25) is 0 Å². The first-order chi connectivity index (χ1) is 9.96. The molecule has 1 fully saturated rings. The van der Waals surface area contributed by atoms with Gasteiger partial charge in [-0.25, -0.2) is 13.2 Å². The van der Waals surface area contributed by atoms with Crippen molar-refractivity contribution in [3.8, 4) is 0 Å². The number of rotatable bonds is 4. The molecule has 2 rings (SSSR count). The molecule has 0 aromatic heterocycles. The van der Waals surface area contributed by atoms with Crippen molar-refractivity contribution in [1.82, 2.24) is 0 Å². The van der Waals surface area contributed by atoms with Gasteiger partial charge >= 0.3 is 0 Å². The van der Waals surface area contributed by atoms with Crippen molar-refractivity contribution in [3.63, 3.8) is 0 Å². The molecule has 0 bridgehead atoms. The number of halogens is 3. The normalized spacial score (nSPS) is 17.5. The number of hydrogen-bond acceptors (Lipinski definition) is 2. The molecule has 0 radical (unpaired) electrons. The van der Waals surface area contributed by atoms with E-state index in [1.54, 1.807) is 0 Å². The first-order valence-electron chi connectivity index (χ1n) is 7.10. The Bertz CT molecular complexity index is 528. The summed E-state index contributed by atoms with van der Waals surface area (Å²) in [4.78, 5) is 12.0. The van der Waals surface area contributed by atoms with Gasteiger partial charge in [-0.15, -0.1) is 0 Å². The van der Waals surface area contributed by atoms with Gasteiger partial charge in [0.05, 0.1) is 5.69 Å². The number of nitrogens with two attached hydrogens (primary N) is 1. The van der Waals surface area contributed by atoms with Crippen LogP contribution in [0, 0.1) is 22.9 Å². The minimum absolute atomic E-state index is 0.140. The molecule has 1 aliphatic carbocycles. The molecule has 0 saturated heterocycles. The number of anilines is 1. The first kappa shape index (κ1) is 15.8. The van der Waals surface area contributed by atoms with E-state index in [9.17, 15) is 18.0 Å². The summed E-state index contributed by atoms with van der Waals surface area (Å²) in [6, 6.07) is 1.21. The number of hydrogen-bond donors (Lipinski definition) is 2. The molecule has 0 spiro atoms. The predicted molar refractivity (Wildman–Crippen MR) is 74.1 cm³/mol. The van der Waals surface area contributed by atoms with Gasteiger partial charge in [0.2, 0.25) is 5.91 Å². The molecule has 1 saturated carbocycles. The molecule has 0 unspecified atom stereocenters. The number of benzene rings is 1. The molecule has 1 amide bonds. The SMILES string of the molecule is NCC1(CC(=O)Nc2cc(F)cc(F)c2F)CCCCC1. The highest BCUT2D eigenvalue weighted by atomic mass is 19.2. The van der Waals surface area contributed by atoms with Crippen LogP contribution in [0.1, 0.15) is 38.5 Å². The Labute approximate surface area is 121 Å². The second-order valence-corrected chi connectivity index (χ2v) is 5.74. The number of amides is 1. The van der Waals surface area contributed by atoms with Gasteiger partial charge in [-0.3, -0.25) is 4.79 Å². The van der Waals surface area contributed by atoms with Gasteiger partial charge in [-0.05, 0) is 24.8 Å². The third-order valence-electron chi connectivity index (χ3n) is 4.15. The van der Waals surface area contributed by atoms with Crippen molar-refractivity contribution in [2.24, 2.45) is 11.1 Å². The van der Waals surface area contributed by atoms with Crippen LogP contribution in [0.15, 0.2) is 12.1 Å². The van der Waals surface area contributed by atoms with Gasteiger partial charge in [-0.1, -0.05) is 19.3 Å². The summed E-state index contributed by atoms with van der Waals surface area (Å²) in [5.41, 5.74) is 5.03. The molecule has 1 aromatic carbocycles. The largest absolute Gasteiger partial charge is 0.330 e. The molecule has 6 heteroatoms. The van der Waals surface area contributed by atoms with Crippen molar-refractivity contribution in [1.29, 1.82) is 0 Å². The van der Waals surface area contributed by atoms with E-state index in [4.69, 9.17) is 5.73 Å². The summed E-state index contributed by atoms with van der Waals surface area (Å²) in [5.74, 6) is -3.98. The van der Waals surface area contributed by atoms with Gasteiger partial charge in [0.1, 0.15) is 5.82 Å². The lowest BCUT2D eigenvalue weighted by Gasteiger charge is -2.35. The lowest BCUT2D eigenvalue weighted by Crippen LogP contribution is -2.36. The highest BCUT2D eigenvalue weighted by Crippen LogP contribution is 2.38. The predicted octanol–water partition coefficient (Wildman–Crippen LogP) is 3.34. The van der Waals surface area contributed by atoms with E-state index < -0.39 is 29.0 Å². The molecule has 3 N–H and O–H groups in total. The van der Waals surface area contributed by atoms with Gasteiger partial charge < -0.3 is 11.1 Å². The minimum atomic E-state index is -1.32. The third kappa shape index (κ3) is 3.75. The van der Waals surface area contributed by atoms with Crippen LogP contribution in [0.3, 0.4) is 0 Å². The van der Waals surface area contributed by atoms with Crippen molar-refractivity contribution in [3.05, 3.63) is 29.6 Å². The highest BCUT2D eigenvalue weighted by molar-refractivity contribution is 5.91. The maximum absolute atomic E-state index is 13.5. The van der Waals surface area contributed by atoms with Crippen LogP contribution in [0.25, 0.3) is 0 Å². The molecule has 0 atom stereocenters. The lowest BCUT2D eigenvalue weighted by atomic mass is 9.71. The van der Waals surface area contributed by atoms with Crippen molar-refractivity contribution in [2.75, 3.05) is 11.9 Å². The molecular weight excluding hydrogens is 281 g/mol. The molecule has 0 heterocycles. The Morgan fingerprint density at radius 1 is 1.19 bits per heavy atom.